The topological polar surface area (TPSA) is 64.9 Å². The van der Waals surface area contributed by atoms with Gasteiger partial charge in [-0.05, 0) is 35.7 Å². The Morgan fingerprint density at radius 3 is 2.54 bits per heavy atom. The van der Waals surface area contributed by atoms with Crippen molar-refractivity contribution in [3.05, 3.63) is 59.9 Å². The van der Waals surface area contributed by atoms with Crippen LogP contribution in [0.5, 0.6) is 0 Å². The summed E-state index contributed by atoms with van der Waals surface area (Å²) in [6.45, 7) is 4.23. The number of nitrogens with one attached hydrogen (secondary N) is 2. The molecule has 0 fully saturated rings. The first-order valence-electron chi connectivity index (χ1n) is 8.38. The summed E-state index contributed by atoms with van der Waals surface area (Å²) in [4.78, 5) is 13.2. The van der Waals surface area contributed by atoms with Crippen LogP contribution in [0.15, 0.2) is 53.4 Å². The first-order valence-corrected chi connectivity index (χ1v) is 9.37. The van der Waals surface area contributed by atoms with Gasteiger partial charge in [-0.1, -0.05) is 38.1 Å². The van der Waals surface area contributed by atoms with Gasteiger partial charge in [0, 0.05) is 10.9 Å². The fourth-order valence-corrected chi connectivity index (χ4v) is 3.28. The van der Waals surface area contributed by atoms with Crippen molar-refractivity contribution in [1.29, 1.82) is 5.26 Å². The molecule has 2 aromatic carbocycles. The molecule has 0 heterocycles. The number of rotatable bonds is 8. The van der Waals surface area contributed by atoms with E-state index >= 15 is 0 Å². The summed E-state index contributed by atoms with van der Waals surface area (Å²) in [6.07, 6.45) is 0. The van der Waals surface area contributed by atoms with E-state index in [0.29, 0.717) is 11.4 Å². The molecular weight excluding hydrogens is 349 g/mol. The minimum Gasteiger partial charge on any atom is -0.324 e. The molecule has 1 atom stereocenters. The second kappa shape index (κ2) is 9.95. The third kappa shape index (κ3) is 5.87. The smallest absolute Gasteiger partial charge is 0.238 e. The number of hydrogen-bond acceptors (Lipinski definition) is 4. The largest absolute Gasteiger partial charge is 0.324 e. The number of nitriles is 1. The molecule has 136 valence electrons. The molecule has 4 nitrogen and oxygen atoms in total. The van der Waals surface area contributed by atoms with Crippen molar-refractivity contribution in [2.45, 2.75) is 24.8 Å². The van der Waals surface area contributed by atoms with Crippen LogP contribution in [0.25, 0.3) is 0 Å². The highest BCUT2D eigenvalue weighted by Crippen LogP contribution is 2.26. The molecule has 0 saturated heterocycles. The van der Waals surface area contributed by atoms with Crippen molar-refractivity contribution < 1.29 is 9.18 Å². The van der Waals surface area contributed by atoms with Gasteiger partial charge in [0.05, 0.1) is 24.1 Å². The van der Waals surface area contributed by atoms with Crippen molar-refractivity contribution in [2.75, 3.05) is 17.6 Å². The van der Waals surface area contributed by atoms with E-state index in [1.54, 1.807) is 12.1 Å². The lowest BCUT2D eigenvalue weighted by Gasteiger charge is -2.23. The zero-order valence-electron chi connectivity index (χ0n) is 14.8. The van der Waals surface area contributed by atoms with Crippen LogP contribution >= 0.6 is 11.8 Å². The monoisotopic (exact) mass is 371 g/mol. The third-order valence-electron chi connectivity index (χ3n) is 3.83. The molecule has 0 unspecified atom stereocenters. The molecule has 0 radical (unpaired) electrons. The molecule has 0 aromatic heterocycles. The Morgan fingerprint density at radius 2 is 1.88 bits per heavy atom. The van der Waals surface area contributed by atoms with Crippen molar-refractivity contribution in [3.8, 4) is 6.07 Å². The summed E-state index contributed by atoms with van der Waals surface area (Å²) in [6, 6.07) is 15.8. The van der Waals surface area contributed by atoms with Gasteiger partial charge in [0.1, 0.15) is 5.82 Å². The van der Waals surface area contributed by atoms with Gasteiger partial charge >= 0.3 is 0 Å². The van der Waals surface area contributed by atoms with E-state index in [4.69, 9.17) is 5.26 Å². The van der Waals surface area contributed by atoms with E-state index in [1.165, 1.54) is 23.9 Å². The van der Waals surface area contributed by atoms with Crippen molar-refractivity contribution in [3.63, 3.8) is 0 Å². The van der Waals surface area contributed by atoms with Crippen LogP contribution in [0.3, 0.4) is 0 Å². The van der Waals surface area contributed by atoms with E-state index in [2.05, 4.69) is 16.7 Å². The number of nitrogens with zero attached hydrogens (tertiary/aromatic N) is 1. The van der Waals surface area contributed by atoms with E-state index in [0.717, 1.165) is 10.5 Å². The molecule has 0 aliphatic carbocycles. The maximum Gasteiger partial charge on any atom is 0.238 e. The Balaban J connectivity index is 1.99. The number of anilines is 1. The number of para-hydroxylation sites is 1. The second-order valence-corrected chi connectivity index (χ2v) is 7.16. The zero-order chi connectivity index (χ0) is 18.9. The summed E-state index contributed by atoms with van der Waals surface area (Å²) in [5.41, 5.74) is 1.64. The molecule has 0 spiro atoms. The highest BCUT2D eigenvalue weighted by Gasteiger charge is 2.17. The minimum absolute atomic E-state index is 0.0513. The second-order valence-electron chi connectivity index (χ2n) is 6.15. The van der Waals surface area contributed by atoms with E-state index in [9.17, 15) is 9.18 Å². The maximum absolute atomic E-state index is 13.1. The standard InChI is InChI=1S/C20H22FN3OS/c1-14(2)20(15-7-9-16(21)10-8-15)23-13-19(25)24-17-5-3-4-6-18(17)26-12-11-22/h3-10,14,20,23H,12-13H2,1-2H3,(H,24,25)/t20-/m0/s1. The average Bonchev–Trinajstić information content (AvgIpc) is 2.62. The van der Waals surface area contributed by atoms with Gasteiger partial charge in [0.25, 0.3) is 0 Å². The molecule has 6 heteroatoms. The highest BCUT2D eigenvalue weighted by atomic mass is 32.2. The first-order chi connectivity index (χ1) is 12.5. The van der Waals surface area contributed by atoms with Crippen LogP contribution in [0.4, 0.5) is 10.1 Å². The van der Waals surface area contributed by atoms with Gasteiger partial charge in [0.15, 0.2) is 0 Å². The fraction of sp³-hybridized carbons (Fsp3) is 0.300. The first kappa shape index (κ1) is 20.0. The molecular formula is C20H22FN3OS. The van der Waals surface area contributed by atoms with Crippen LogP contribution in [0, 0.1) is 23.1 Å². The lowest BCUT2D eigenvalue weighted by Crippen LogP contribution is -2.33. The van der Waals surface area contributed by atoms with Gasteiger partial charge in [-0.15, -0.1) is 11.8 Å². The van der Waals surface area contributed by atoms with Crippen LogP contribution in [0.1, 0.15) is 25.5 Å². The molecule has 1 amide bonds. The third-order valence-corrected chi connectivity index (χ3v) is 4.77. The van der Waals surface area contributed by atoms with Crippen LogP contribution < -0.4 is 10.6 Å². The summed E-state index contributed by atoms with van der Waals surface area (Å²) < 4.78 is 13.1. The molecule has 0 saturated carbocycles. The lowest BCUT2D eigenvalue weighted by molar-refractivity contribution is -0.115. The molecule has 26 heavy (non-hydrogen) atoms. The maximum atomic E-state index is 13.1. The summed E-state index contributed by atoms with van der Waals surface area (Å²) in [5, 5.41) is 14.9. The van der Waals surface area contributed by atoms with Crippen LogP contribution in [-0.4, -0.2) is 18.2 Å². The molecule has 0 aliphatic heterocycles. The molecule has 0 aliphatic rings. The van der Waals surface area contributed by atoms with Crippen LogP contribution in [-0.2, 0) is 4.79 Å². The van der Waals surface area contributed by atoms with E-state index in [1.807, 2.05) is 38.1 Å². The van der Waals surface area contributed by atoms with Gasteiger partial charge in [-0.3, -0.25) is 4.79 Å². The quantitative estimate of drug-likeness (QED) is 0.677. The van der Waals surface area contributed by atoms with Gasteiger partial charge in [-0.25, -0.2) is 4.39 Å². The predicted octanol–water partition coefficient (Wildman–Crippen LogP) is 4.37. The highest BCUT2D eigenvalue weighted by molar-refractivity contribution is 7.99. The summed E-state index contributed by atoms with van der Waals surface area (Å²) in [5.74, 6) is 0.125. The fourth-order valence-electron chi connectivity index (χ4n) is 2.61. The number of amides is 1. The van der Waals surface area contributed by atoms with Gasteiger partial charge in [-0.2, -0.15) is 5.26 Å². The Morgan fingerprint density at radius 1 is 1.19 bits per heavy atom. The van der Waals surface area contributed by atoms with Crippen molar-refractivity contribution in [2.24, 2.45) is 5.92 Å². The summed E-state index contributed by atoms with van der Waals surface area (Å²) >= 11 is 1.38. The Kier molecular flexibility index (Phi) is 7.64. The number of carbonyl (C=O) groups excluding carboxylic acids is 1. The van der Waals surface area contributed by atoms with E-state index in [-0.39, 0.29) is 30.2 Å². The molecule has 2 aromatic rings. The van der Waals surface area contributed by atoms with Crippen LogP contribution in [0.2, 0.25) is 0 Å². The van der Waals surface area contributed by atoms with E-state index < -0.39 is 0 Å². The number of carbonyl (C=O) groups is 1. The number of benzene rings is 2. The van der Waals surface area contributed by atoms with Gasteiger partial charge in [0.2, 0.25) is 5.91 Å². The normalized spacial score (nSPS) is 11.8. The lowest BCUT2D eigenvalue weighted by atomic mass is 9.96. The number of thioether (sulfide) groups is 1. The minimum atomic E-state index is -0.277. The predicted molar refractivity (Wildman–Crippen MR) is 103 cm³/mol. The molecule has 2 rings (SSSR count). The van der Waals surface area contributed by atoms with Crippen molar-refractivity contribution in [1.82, 2.24) is 5.32 Å². The molecule has 0 bridgehead atoms. The van der Waals surface area contributed by atoms with Gasteiger partial charge < -0.3 is 10.6 Å². The average molecular weight is 371 g/mol. The number of hydrogen-bond donors (Lipinski definition) is 2. The summed E-state index contributed by atoms with van der Waals surface area (Å²) in [7, 11) is 0. The zero-order valence-corrected chi connectivity index (χ0v) is 15.6. The van der Waals surface area contributed by atoms with Crippen molar-refractivity contribution >= 4 is 23.4 Å². The Hall–Kier alpha value is -2.36. The Labute approximate surface area is 157 Å². The SMILES string of the molecule is CC(C)[C@H](NCC(=O)Nc1ccccc1SCC#N)c1ccc(F)cc1. The molecule has 2 N–H and O–H groups in total. The number of halogens is 1. The Bertz CT molecular complexity index is 771.